The highest BCUT2D eigenvalue weighted by atomic mass is 32.1. The lowest BCUT2D eigenvalue weighted by Crippen LogP contribution is -2.49. The normalized spacial score (nSPS) is 18.2. The van der Waals surface area contributed by atoms with Gasteiger partial charge in [-0.3, -0.25) is 4.90 Å². The van der Waals surface area contributed by atoms with E-state index in [0.29, 0.717) is 12.6 Å². The Bertz CT molecular complexity index is 546. The Hall–Kier alpha value is -1.18. The van der Waals surface area contributed by atoms with E-state index in [1.807, 2.05) is 0 Å². The van der Waals surface area contributed by atoms with Crippen molar-refractivity contribution in [2.24, 2.45) is 4.99 Å². The number of guanidine groups is 1. The summed E-state index contributed by atoms with van der Waals surface area (Å²) in [4.78, 5) is 11.9. The number of ether oxygens (including phenoxy) is 1. The van der Waals surface area contributed by atoms with Crippen molar-refractivity contribution in [2.75, 3.05) is 39.4 Å². The molecule has 1 aliphatic heterocycles. The first kappa shape index (κ1) is 20.1. The number of morpholine rings is 1. The Morgan fingerprint density at radius 1 is 1.36 bits per heavy atom. The molecule has 1 saturated heterocycles. The molecule has 1 aliphatic rings. The molecule has 1 unspecified atom stereocenters. The molecule has 2 heterocycles. The molecule has 2 rings (SSSR count). The van der Waals surface area contributed by atoms with Crippen molar-refractivity contribution >= 4 is 17.3 Å². The highest BCUT2D eigenvalue weighted by Crippen LogP contribution is 2.24. The highest BCUT2D eigenvalue weighted by Gasteiger charge is 2.18. The molecule has 1 aromatic heterocycles. The van der Waals surface area contributed by atoms with Gasteiger partial charge in [0.1, 0.15) is 5.01 Å². The third kappa shape index (κ3) is 6.56. The maximum absolute atomic E-state index is 5.42. The Kier molecular flexibility index (Phi) is 7.65. The predicted molar refractivity (Wildman–Crippen MR) is 105 cm³/mol. The van der Waals surface area contributed by atoms with Crippen LogP contribution in [0.1, 0.15) is 45.3 Å². The number of nitrogens with zero attached hydrogens (tertiary/aromatic N) is 3. The van der Waals surface area contributed by atoms with Gasteiger partial charge in [-0.05, 0) is 13.8 Å². The van der Waals surface area contributed by atoms with Gasteiger partial charge in [-0.15, -0.1) is 11.3 Å². The molecule has 142 valence electrons. The van der Waals surface area contributed by atoms with Crippen LogP contribution in [0.2, 0.25) is 0 Å². The molecule has 2 N–H and O–H groups in total. The number of rotatable bonds is 6. The number of hydrogen-bond donors (Lipinski definition) is 2. The third-order valence-corrected chi connectivity index (χ3v) is 5.10. The van der Waals surface area contributed by atoms with Crippen LogP contribution < -0.4 is 10.6 Å². The Morgan fingerprint density at radius 3 is 2.68 bits per heavy atom. The van der Waals surface area contributed by atoms with E-state index in [2.05, 4.69) is 55.5 Å². The lowest BCUT2D eigenvalue weighted by atomic mass is 9.93. The lowest BCUT2D eigenvalue weighted by Gasteiger charge is -2.32. The second-order valence-corrected chi connectivity index (χ2v) is 8.39. The van der Waals surface area contributed by atoms with Gasteiger partial charge in [0.05, 0.1) is 25.5 Å². The van der Waals surface area contributed by atoms with Gasteiger partial charge < -0.3 is 15.4 Å². The van der Waals surface area contributed by atoms with Crippen LogP contribution in [0.4, 0.5) is 0 Å². The van der Waals surface area contributed by atoms with Crippen LogP contribution in [0.5, 0.6) is 0 Å². The van der Waals surface area contributed by atoms with Crippen LogP contribution in [-0.2, 0) is 16.7 Å². The van der Waals surface area contributed by atoms with Crippen molar-refractivity contribution in [3.05, 3.63) is 16.1 Å². The van der Waals surface area contributed by atoms with E-state index in [4.69, 9.17) is 14.7 Å². The van der Waals surface area contributed by atoms with Crippen LogP contribution in [0.15, 0.2) is 10.4 Å². The smallest absolute Gasteiger partial charge is 0.191 e. The van der Waals surface area contributed by atoms with E-state index in [9.17, 15) is 0 Å². The van der Waals surface area contributed by atoms with Gasteiger partial charge in [-0.1, -0.05) is 20.8 Å². The van der Waals surface area contributed by atoms with Crippen molar-refractivity contribution < 1.29 is 4.74 Å². The summed E-state index contributed by atoms with van der Waals surface area (Å²) >= 11 is 1.69. The summed E-state index contributed by atoms with van der Waals surface area (Å²) in [6.07, 6.45) is 0. The van der Waals surface area contributed by atoms with E-state index in [1.54, 1.807) is 11.3 Å². The molecule has 6 nitrogen and oxygen atoms in total. The van der Waals surface area contributed by atoms with Crippen LogP contribution >= 0.6 is 11.3 Å². The summed E-state index contributed by atoms with van der Waals surface area (Å²) in [6.45, 7) is 16.9. The molecule has 1 fully saturated rings. The summed E-state index contributed by atoms with van der Waals surface area (Å²) < 4.78 is 5.42. The summed E-state index contributed by atoms with van der Waals surface area (Å²) in [5.41, 5.74) is 1.23. The second kappa shape index (κ2) is 9.50. The molecule has 0 aromatic carbocycles. The van der Waals surface area contributed by atoms with Crippen LogP contribution in [0.3, 0.4) is 0 Å². The number of hydrogen-bond acceptors (Lipinski definition) is 5. The topological polar surface area (TPSA) is 61.8 Å². The Balaban J connectivity index is 1.88. The molecule has 0 amide bonds. The van der Waals surface area contributed by atoms with Gasteiger partial charge in [-0.25, -0.2) is 9.98 Å². The number of thiazole rings is 1. The van der Waals surface area contributed by atoms with Crippen molar-refractivity contribution in [3.63, 3.8) is 0 Å². The minimum Gasteiger partial charge on any atom is -0.379 e. The first-order valence-corrected chi connectivity index (χ1v) is 10.1. The maximum Gasteiger partial charge on any atom is 0.191 e. The van der Waals surface area contributed by atoms with E-state index >= 15 is 0 Å². The molecule has 1 aromatic rings. The fourth-order valence-corrected chi connectivity index (χ4v) is 3.55. The second-order valence-electron chi connectivity index (χ2n) is 7.45. The largest absolute Gasteiger partial charge is 0.379 e. The van der Waals surface area contributed by atoms with Crippen molar-refractivity contribution in [1.29, 1.82) is 0 Å². The summed E-state index contributed by atoms with van der Waals surface area (Å²) in [5.74, 6) is 0.857. The van der Waals surface area contributed by atoms with E-state index in [1.165, 1.54) is 0 Å². The van der Waals surface area contributed by atoms with E-state index in [0.717, 1.165) is 56.1 Å². The minimum atomic E-state index is 0.0921. The molecule has 0 spiro atoms. The molecular formula is C18H33N5OS. The van der Waals surface area contributed by atoms with Crippen LogP contribution in [0, 0.1) is 0 Å². The Labute approximate surface area is 156 Å². The average Bonchev–Trinajstić information content (AvgIpc) is 3.07. The van der Waals surface area contributed by atoms with E-state index < -0.39 is 0 Å². The highest BCUT2D eigenvalue weighted by molar-refractivity contribution is 7.09. The molecule has 0 aliphatic carbocycles. The van der Waals surface area contributed by atoms with Gasteiger partial charge in [0.25, 0.3) is 0 Å². The fourth-order valence-electron chi connectivity index (χ4n) is 2.61. The monoisotopic (exact) mass is 367 g/mol. The molecular weight excluding hydrogens is 334 g/mol. The predicted octanol–water partition coefficient (Wildman–Crippen LogP) is 2.22. The zero-order valence-electron chi connectivity index (χ0n) is 16.3. The first-order chi connectivity index (χ1) is 11.9. The van der Waals surface area contributed by atoms with E-state index in [-0.39, 0.29) is 5.41 Å². The standard InChI is InChI=1S/C18H33N5OS/c1-6-19-17(20-11-14(2)23-7-9-24-10-8-23)21-12-16-22-15(13-25-16)18(3,4)5/h13-14H,6-12H2,1-5H3,(H2,19,20,21). The fraction of sp³-hybridized carbons (Fsp3) is 0.778. The first-order valence-electron chi connectivity index (χ1n) is 9.19. The van der Waals surface area contributed by atoms with Crippen molar-refractivity contribution in [3.8, 4) is 0 Å². The minimum absolute atomic E-state index is 0.0921. The summed E-state index contributed by atoms with van der Waals surface area (Å²) in [5, 5.41) is 9.98. The Morgan fingerprint density at radius 2 is 2.08 bits per heavy atom. The van der Waals surface area contributed by atoms with Crippen LogP contribution in [0.25, 0.3) is 0 Å². The SMILES string of the molecule is CCNC(=NCc1nc(C(C)(C)C)cs1)NCC(C)N1CCOCC1. The zero-order valence-corrected chi connectivity index (χ0v) is 17.1. The van der Waals surface area contributed by atoms with Gasteiger partial charge in [0, 0.05) is 43.0 Å². The molecule has 1 atom stereocenters. The average molecular weight is 368 g/mol. The molecule has 7 heteroatoms. The van der Waals surface area contributed by atoms with Gasteiger partial charge >= 0.3 is 0 Å². The third-order valence-electron chi connectivity index (χ3n) is 4.27. The maximum atomic E-state index is 5.42. The van der Waals surface area contributed by atoms with Gasteiger partial charge in [0.2, 0.25) is 0 Å². The molecule has 25 heavy (non-hydrogen) atoms. The number of aromatic nitrogens is 1. The van der Waals surface area contributed by atoms with Crippen molar-refractivity contribution in [2.45, 2.75) is 52.6 Å². The summed E-state index contributed by atoms with van der Waals surface area (Å²) in [6, 6.07) is 0.458. The lowest BCUT2D eigenvalue weighted by molar-refractivity contribution is 0.0211. The van der Waals surface area contributed by atoms with Gasteiger partial charge in [-0.2, -0.15) is 0 Å². The van der Waals surface area contributed by atoms with Gasteiger partial charge in [0.15, 0.2) is 5.96 Å². The van der Waals surface area contributed by atoms with Crippen molar-refractivity contribution in [1.82, 2.24) is 20.5 Å². The quantitative estimate of drug-likeness (QED) is 0.596. The molecule has 0 bridgehead atoms. The van der Waals surface area contributed by atoms with Crippen LogP contribution in [-0.4, -0.2) is 61.3 Å². The summed E-state index contributed by atoms with van der Waals surface area (Å²) in [7, 11) is 0. The molecule has 0 radical (unpaired) electrons. The molecule has 0 saturated carbocycles. The number of aliphatic imine (C=N–C) groups is 1. The number of nitrogens with one attached hydrogen (secondary N) is 2. The zero-order chi connectivity index (χ0) is 18.3.